The average Bonchev–Trinajstić information content (AvgIpc) is 2.43. The van der Waals surface area contributed by atoms with Crippen molar-refractivity contribution in [3.8, 4) is 5.75 Å². The lowest BCUT2D eigenvalue weighted by molar-refractivity contribution is -0.136. The zero-order valence-electron chi connectivity index (χ0n) is 12.1. The molecule has 0 bridgehead atoms. The second-order valence-corrected chi connectivity index (χ2v) is 4.64. The van der Waals surface area contributed by atoms with Gasteiger partial charge >= 0.3 is 23.9 Å². The summed E-state index contributed by atoms with van der Waals surface area (Å²) in [4.78, 5) is 45.8. The van der Waals surface area contributed by atoms with Crippen molar-refractivity contribution in [2.45, 2.75) is 19.2 Å². The van der Waals surface area contributed by atoms with Gasteiger partial charge in [0.1, 0.15) is 16.9 Å². The Morgan fingerprint density at radius 3 is 2.00 bits per heavy atom. The fraction of sp³-hybridized carbons (Fsp3) is 0.286. The minimum Gasteiger partial charge on any atom is -0.495 e. The van der Waals surface area contributed by atoms with Gasteiger partial charge < -0.3 is 14.2 Å². The molecule has 0 heterocycles. The number of halogens is 1. The molecule has 0 radical (unpaired) electrons. The summed E-state index contributed by atoms with van der Waals surface area (Å²) in [6, 6.07) is 2.82. The molecule has 0 aromatic heterocycles. The molecule has 0 fully saturated rings. The van der Waals surface area contributed by atoms with E-state index in [1.165, 1.54) is 19.2 Å². The summed E-state index contributed by atoms with van der Waals surface area (Å²) in [7, 11) is 1.24. The van der Waals surface area contributed by atoms with E-state index in [0.29, 0.717) is 5.56 Å². The first-order valence-corrected chi connectivity index (χ1v) is 7.15. The molecule has 0 saturated carbocycles. The second-order valence-electron chi connectivity index (χ2n) is 4.08. The van der Waals surface area contributed by atoms with Gasteiger partial charge in [-0.25, -0.2) is 9.59 Å². The van der Waals surface area contributed by atoms with E-state index >= 15 is 0 Å². The third-order valence-electron chi connectivity index (χ3n) is 2.49. The predicted octanol–water partition coefficient (Wildman–Crippen LogP) is 2.00. The zero-order valence-corrected chi connectivity index (χ0v) is 13.7. The highest BCUT2D eigenvalue weighted by Gasteiger charge is 2.26. The highest BCUT2D eigenvalue weighted by Crippen LogP contribution is 2.30. The van der Waals surface area contributed by atoms with E-state index in [2.05, 4.69) is 25.4 Å². The Morgan fingerprint density at radius 2 is 1.55 bits per heavy atom. The summed E-state index contributed by atoms with van der Waals surface area (Å²) in [6.07, 6.45) is 0. The van der Waals surface area contributed by atoms with E-state index < -0.39 is 23.9 Å². The molecule has 0 unspecified atom stereocenters. The van der Waals surface area contributed by atoms with Crippen LogP contribution in [-0.2, 0) is 24.4 Å². The van der Waals surface area contributed by atoms with Crippen LogP contribution in [0.5, 0.6) is 5.75 Å². The Balaban J connectivity index is 3.44. The van der Waals surface area contributed by atoms with Crippen LogP contribution in [0.25, 0.3) is 0 Å². The van der Waals surface area contributed by atoms with Crippen molar-refractivity contribution in [2.24, 2.45) is 0 Å². The molecule has 0 spiro atoms. The zero-order chi connectivity index (χ0) is 16.9. The van der Waals surface area contributed by atoms with Crippen LogP contribution in [0.2, 0.25) is 0 Å². The lowest BCUT2D eigenvalue weighted by Crippen LogP contribution is -2.17. The number of rotatable bonds is 4. The van der Waals surface area contributed by atoms with Crippen molar-refractivity contribution >= 4 is 39.8 Å². The first kappa shape index (κ1) is 17.8. The molecular formula is C14H13BrO7. The molecular weight excluding hydrogens is 360 g/mol. The number of hydrogen-bond donors (Lipinski definition) is 0. The Labute approximate surface area is 134 Å². The summed E-state index contributed by atoms with van der Waals surface area (Å²) >= 11 is 3.19. The van der Waals surface area contributed by atoms with Crippen molar-refractivity contribution in [1.29, 1.82) is 0 Å². The number of ether oxygens (including phenoxy) is 3. The van der Waals surface area contributed by atoms with Gasteiger partial charge in [0, 0.05) is 19.2 Å². The molecule has 0 aliphatic rings. The van der Waals surface area contributed by atoms with E-state index in [1.807, 2.05) is 0 Å². The van der Waals surface area contributed by atoms with Gasteiger partial charge in [0.05, 0.1) is 7.11 Å². The van der Waals surface area contributed by atoms with Crippen LogP contribution < -0.4 is 4.74 Å². The molecule has 118 valence electrons. The lowest BCUT2D eigenvalue weighted by Gasteiger charge is -2.14. The fourth-order valence-corrected chi connectivity index (χ4v) is 2.17. The summed E-state index contributed by atoms with van der Waals surface area (Å²) in [5.41, 5.74) is 0.230. The van der Waals surface area contributed by atoms with Crippen molar-refractivity contribution in [1.82, 2.24) is 0 Å². The molecule has 8 heteroatoms. The van der Waals surface area contributed by atoms with Crippen LogP contribution in [-0.4, -0.2) is 31.0 Å². The Bertz CT molecular complexity index is 636. The predicted molar refractivity (Wildman–Crippen MR) is 77.8 cm³/mol. The molecule has 1 aromatic rings. The minimum atomic E-state index is -0.970. The summed E-state index contributed by atoms with van der Waals surface area (Å²) in [5, 5.41) is 0.258. The van der Waals surface area contributed by atoms with Gasteiger partial charge in [-0.2, -0.15) is 0 Å². The first-order chi connectivity index (χ1) is 10.3. The van der Waals surface area contributed by atoms with Gasteiger partial charge in [0.15, 0.2) is 0 Å². The molecule has 1 aromatic carbocycles. The Hall–Kier alpha value is -2.22. The van der Waals surface area contributed by atoms with Gasteiger partial charge in [0.25, 0.3) is 0 Å². The van der Waals surface area contributed by atoms with Gasteiger partial charge in [0.2, 0.25) is 0 Å². The van der Waals surface area contributed by atoms with Crippen LogP contribution in [0, 0.1) is 0 Å². The van der Waals surface area contributed by atoms with E-state index in [4.69, 9.17) is 4.74 Å². The third-order valence-corrected chi connectivity index (χ3v) is 3.09. The van der Waals surface area contributed by atoms with E-state index in [9.17, 15) is 19.2 Å². The Kier molecular flexibility index (Phi) is 6.24. The summed E-state index contributed by atoms with van der Waals surface area (Å²) < 4.78 is 14.1. The van der Waals surface area contributed by atoms with Crippen LogP contribution in [0.4, 0.5) is 0 Å². The van der Waals surface area contributed by atoms with Crippen molar-refractivity contribution < 1.29 is 33.4 Å². The molecule has 22 heavy (non-hydrogen) atoms. The molecule has 7 nitrogen and oxygen atoms in total. The summed E-state index contributed by atoms with van der Waals surface area (Å²) in [5.74, 6) is -3.66. The smallest absolute Gasteiger partial charge is 0.349 e. The molecule has 0 saturated heterocycles. The first-order valence-electron chi connectivity index (χ1n) is 6.03. The normalized spacial score (nSPS) is 9.82. The Morgan fingerprint density at radius 1 is 1.00 bits per heavy atom. The maximum absolute atomic E-state index is 12.0. The topological polar surface area (TPSA) is 96.0 Å². The van der Waals surface area contributed by atoms with Crippen LogP contribution in [0.3, 0.4) is 0 Å². The van der Waals surface area contributed by atoms with Gasteiger partial charge in [-0.05, 0) is 11.6 Å². The highest BCUT2D eigenvalue weighted by molar-refractivity contribution is 9.08. The number of esters is 4. The average molecular weight is 373 g/mol. The van der Waals surface area contributed by atoms with E-state index in [-0.39, 0.29) is 22.2 Å². The molecule has 1 rings (SSSR count). The minimum absolute atomic E-state index is 0.0902. The fourth-order valence-electron chi connectivity index (χ4n) is 1.70. The molecule has 0 N–H and O–H groups in total. The number of carbonyl (C=O) groups is 4. The quantitative estimate of drug-likeness (QED) is 0.452. The standard InChI is InChI=1S/C14H13BrO7/c1-7(16)21-13(18)10-5-4-9(6-15)11(12(10)20-3)14(19)22-8(2)17/h4-5H,6H2,1-3H3. The van der Waals surface area contributed by atoms with Gasteiger partial charge in [-0.3, -0.25) is 9.59 Å². The SMILES string of the molecule is COc1c(C(=O)OC(C)=O)ccc(CBr)c1C(=O)OC(C)=O. The molecule has 0 aliphatic carbocycles. The van der Waals surface area contributed by atoms with Gasteiger partial charge in [-0.1, -0.05) is 22.0 Å². The number of hydrogen-bond acceptors (Lipinski definition) is 7. The monoisotopic (exact) mass is 372 g/mol. The van der Waals surface area contributed by atoms with Crippen LogP contribution in [0.15, 0.2) is 12.1 Å². The maximum atomic E-state index is 12.0. The van der Waals surface area contributed by atoms with Gasteiger partial charge in [-0.15, -0.1) is 0 Å². The van der Waals surface area contributed by atoms with Crippen LogP contribution in [0.1, 0.15) is 40.1 Å². The number of benzene rings is 1. The third kappa shape index (κ3) is 4.14. The largest absolute Gasteiger partial charge is 0.495 e. The van der Waals surface area contributed by atoms with E-state index in [0.717, 1.165) is 13.8 Å². The lowest BCUT2D eigenvalue weighted by atomic mass is 10.0. The number of methoxy groups -OCH3 is 1. The molecule has 0 atom stereocenters. The molecule has 0 aliphatic heterocycles. The number of alkyl halides is 1. The summed E-state index contributed by atoms with van der Waals surface area (Å²) in [6.45, 7) is 2.15. The highest BCUT2D eigenvalue weighted by atomic mass is 79.9. The van der Waals surface area contributed by atoms with Crippen molar-refractivity contribution in [3.63, 3.8) is 0 Å². The molecule has 0 amide bonds. The van der Waals surface area contributed by atoms with E-state index in [1.54, 1.807) is 0 Å². The van der Waals surface area contributed by atoms with Crippen molar-refractivity contribution in [3.05, 3.63) is 28.8 Å². The van der Waals surface area contributed by atoms with Crippen LogP contribution >= 0.6 is 15.9 Å². The maximum Gasteiger partial charge on any atom is 0.349 e. The number of carbonyl (C=O) groups excluding carboxylic acids is 4. The van der Waals surface area contributed by atoms with Crippen molar-refractivity contribution in [2.75, 3.05) is 7.11 Å². The second kappa shape index (κ2) is 7.69.